The van der Waals surface area contributed by atoms with Crippen LogP contribution in [0.4, 0.5) is 0 Å². The Kier molecular flexibility index (Phi) is 8.67. The third-order valence-corrected chi connectivity index (χ3v) is 6.22. The van der Waals surface area contributed by atoms with Crippen LogP contribution >= 0.6 is 11.6 Å². The van der Waals surface area contributed by atoms with E-state index in [0.29, 0.717) is 18.0 Å². The summed E-state index contributed by atoms with van der Waals surface area (Å²) >= 11 is 6.44. The second kappa shape index (κ2) is 11.7. The number of carbonyl (C=O) groups is 2. The monoisotopic (exact) mass is 462 g/mol. The molecule has 0 saturated heterocycles. The van der Waals surface area contributed by atoms with Gasteiger partial charge in [-0.05, 0) is 54.7 Å². The predicted molar refractivity (Wildman–Crippen MR) is 134 cm³/mol. The van der Waals surface area contributed by atoms with E-state index in [1.54, 1.807) is 11.0 Å². The van der Waals surface area contributed by atoms with Gasteiger partial charge in [-0.15, -0.1) is 0 Å². The number of rotatable bonds is 9. The maximum absolute atomic E-state index is 13.7. The lowest BCUT2D eigenvalue weighted by atomic mass is 10.00. The van der Waals surface area contributed by atoms with Crippen LogP contribution in [0.3, 0.4) is 0 Å². The van der Waals surface area contributed by atoms with Crippen molar-refractivity contribution < 1.29 is 9.59 Å². The van der Waals surface area contributed by atoms with E-state index in [-0.39, 0.29) is 24.8 Å². The number of nitrogens with zero attached hydrogens (tertiary/aromatic N) is 1. The SMILES string of the molecule is CCNC(=O)C(Cc1ccccc1)N(Cc1ccccc1Cl)C(=O)Cc1ccc(C)c(C)c1. The van der Waals surface area contributed by atoms with E-state index in [2.05, 4.69) is 12.2 Å². The van der Waals surface area contributed by atoms with Crippen LogP contribution in [0.15, 0.2) is 72.8 Å². The van der Waals surface area contributed by atoms with Crippen LogP contribution in [0.25, 0.3) is 0 Å². The minimum atomic E-state index is -0.650. The Morgan fingerprint density at radius 2 is 1.61 bits per heavy atom. The number of hydrogen-bond donors (Lipinski definition) is 1. The van der Waals surface area contributed by atoms with Crippen molar-refractivity contribution in [1.29, 1.82) is 0 Å². The van der Waals surface area contributed by atoms with Gasteiger partial charge >= 0.3 is 0 Å². The van der Waals surface area contributed by atoms with E-state index in [9.17, 15) is 9.59 Å². The zero-order valence-corrected chi connectivity index (χ0v) is 20.2. The summed E-state index contributed by atoms with van der Waals surface area (Å²) in [6.07, 6.45) is 0.645. The van der Waals surface area contributed by atoms with Crippen molar-refractivity contribution >= 4 is 23.4 Å². The molecule has 0 radical (unpaired) electrons. The van der Waals surface area contributed by atoms with Crippen LogP contribution in [0.5, 0.6) is 0 Å². The molecule has 4 nitrogen and oxygen atoms in total. The molecule has 172 valence electrons. The van der Waals surface area contributed by atoms with Gasteiger partial charge in [0.05, 0.1) is 6.42 Å². The van der Waals surface area contributed by atoms with E-state index >= 15 is 0 Å². The molecule has 2 amide bonds. The van der Waals surface area contributed by atoms with E-state index in [0.717, 1.165) is 22.3 Å². The summed E-state index contributed by atoms with van der Waals surface area (Å²) in [5, 5.41) is 3.50. The summed E-state index contributed by atoms with van der Waals surface area (Å²) in [5.41, 5.74) is 5.07. The Balaban J connectivity index is 1.97. The molecule has 0 aromatic heterocycles. The Hall–Kier alpha value is -3.11. The average Bonchev–Trinajstić information content (AvgIpc) is 2.80. The fourth-order valence-corrected chi connectivity index (χ4v) is 4.04. The van der Waals surface area contributed by atoms with Crippen LogP contribution < -0.4 is 5.32 Å². The van der Waals surface area contributed by atoms with Gasteiger partial charge in [-0.3, -0.25) is 9.59 Å². The van der Waals surface area contributed by atoms with Crippen LogP contribution in [0, 0.1) is 13.8 Å². The average molecular weight is 463 g/mol. The van der Waals surface area contributed by atoms with Gasteiger partial charge in [0.2, 0.25) is 11.8 Å². The molecule has 1 unspecified atom stereocenters. The first kappa shape index (κ1) is 24.5. The zero-order chi connectivity index (χ0) is 23.8. The fourth-order valence-electron chi connectivity index (χ4n) is 3.85. The molecule has 3 aromatic rings. The largest absolute Gasteiger partial charge is 0.355 e. The molecule has 3 rings (SSSR count). The van der Waals surface area contributed by atoms with Crippen LogP contribution in [0.2, 0.25) is 5.02 Å². The summed E-state index contributed by atoms with van der Waals surface area (Å²) in [5.74, 6) is -0.271. The van der Waals surface area contributed by atoms with E-state index < -0.39 is 6.04 Å². The van der Waals surface area contributed by atoms with Gasteiger partial charge < -0.3 is 10.2 Å². The molecule has 0 fully saturated rings. The number of nitrogens with one attached hydrogen (secondary N) is 1. The van der Waals surface area contributed by atoms with E-state index in [4.69, 9.17) is 11.6 Å². The lowest BCUT2D eigenvalue weighted by Crippen LogP contribution is -2.51. The normalized spacial score (nSPS) is 11.6. The highest BCUT2D eigenvalue weighted by molar-refractivity contribution is 6.31. The van der Waals surface area contributed by atoms with Gasteiger partial charge in [-0.1, -0.05) is 78.3 Å². The molecule has 0 aliphatic heterocycles. The zero-order valence-electron chi connectivity index (χ0n) is 19.5. The number of benzene rings is 3. The van der Waals surface area contributed by atoms with Crippen molar-refractivity contribution in [1.82, 2.24) is 10.2 Å². The molecule has 0 aliphatic rings. The minimum absolute atomic E-state index is 0.106. The molecule has 0 heterocycles. The van der Waals surface area contributed by atoms with Crippen LogP contribution in [-0.4, -0.2) is 29.3 Å². The van der Waals surface area contributed by atoms with Gasteiger partial charge in [-0.25, -0.2) is 0 Å². The molecule has 0 bridgehead atoms. The van der Waals surface area contributed by atoms with Crippen LogP contribution in [0.1, 0.15) is 34.7 Å². The van der Waals surface area contributed by atoms with Crippen LogP contribution in [-0.2, 0) is 29.0 Å². The molecule has 5 heteroatoms. The molecule has 1 N–H and O–H groups in total. The number of halogens is 1. The summed E-state index contributed by atoms with van der Waals surface area (Å²) < 4.78 is 0. The topological polar surface area (TPSA) is 49.4 Å². The highest BCUT2D eigenvalue weighted by Gasteiger charge is 2.30. The number of hydrogen-bond acceptors (Lipinski definition) is 2. The molecule has 0 spiro atoms. The number of amides is 2. The van der Waals surface area contributed by atoms with Gasteiger partial charge in [0, 0.05) is 24.5 Å². The summed E-state index contributed by atoms with van der Waals surface area (Å²) in [6, 6.07) is 22.6. The lowest BCUT2D eigenvalue weighted by Gasteiger charge is -2.32. The van der Waals surface area contributed by atoms with Gasteiger partial charge in [-0.2, -0.15) is 0 Å². The fraction of sp³-hybridized carbons (Fsp3) is 0.286. The second-order valence-corrected chi connectivity index (χ2v) is 8.72. The summed E-state index contributed by atoms with van der Waals surface area (Å²) in [4.78, 5) is 28.5. The third kappa shape index (κ3) is 6.69. The summed E-state index contributed by atoms with van der Waals surface area (Å²) in [7, 11) is 0. The molecule has 33 heavy (non-hydrogen) atoms. The molecule has 0 saturated carbocycles. The van der Waals surface area contributed by atoms with E-state index in [1.165, 1.54) is 5.56 Å². The second-order valence-electron chi connectivity index (χ2n) is 8.31. The van der Waals surface area contributed by atoms with Gasteiger partial charge in [0.15, 0.2) is 0 Å². The Labute approximate surface area is 201 Å². The number of aryl methyl sites for hydroxylation is 2. The Morgan fingerprint density at radius 3 is 2.27 bits per heavy atom. The smallest absolute Gasteiger partial charge is 0.243 e. The lowest BCUT2D eigenvalue weighted by molar-refractivity contribution is -0.140. The van der Waals surface area contributed by atoms with Crippen molar-refractivity contribution in [2.75, 3.05) is 6.54 Å². The molecule has 1 atom stereocenters. The number of carbonyl (C=O) groups excluding carboxylic acids is 2. The molecule has 3 aromatic carbocycles. The molecular weight excluding hydrogens is 432 g/mol. The van der Waals surface area contributed by atoms with Gasteiger partial charge in [0.25, 0.3) is 0 Å². The van der Waals surface area contributed by atoms with Crippen molar-refractivity contribution in [3.05, 3.63) is 106 Å². The maximum atomic E-state index is 13.7. The van der Waals surface area contributed by atoms with Crippen molar-refractivity contribution in [3.8, 4) is 0 Å². The third-order valence-electron chi connectivity index (χ3n) is 5.85. The molecular formula is C28H31ClN2O2. The highest BCUT2D eigenvalue weighted by atomic mass is 35.5. The highest BCUT2D eigenvalue weighted by Crippen LogP contribution is 2.22. The van der Waals surface area contributed by atoms with Crippen molar-refractivity contribution in [2.24, 2.45) is 0 Å². The first-order chi connectivity index (χ1) is 15.9. The molecule has 0 aliphatic carbocycles. The predicted octanol–water partition coefficient (Wildman–Crippen LogP) is 5.28. The minimum Gasteiger partial charge on any atom is -0.355 e. The van der Waals surface area contributed by atoms with E-state index in [1.807, 2.05) is 80.6 Å². The Morgan fingerprint density at radius 1 is 0.909 bits per heavy atom. The van der Waals surface area contributed by atoms with Crippen molar-refractivity contribution in [2.45, 2.75) is 46.2 Å². The number of likely N-dealkylation sites (N-methyl/N-ethyl adjacent to an activating group) is 1. The summed E-state index contributed by atoms with van der Waals surface area (Å²) in [6.45, 7) is 6.73. The quantitative estimate of drug-likeness (QED) is 0.470. The Bertz CT molecular complexity index is 1100. The first-order valence-electron chi connectivity index (χ1n) is 11.3. The van der Waals surface area contributed by atoms with Gasteiger partial charge in [0.1, 0.15) is 6.04 Å². The first-order valence-corrected chi connectivity index (χ1v) is 11.7. The maximum Gasteiger partial charge on any atom is 0.243 e. The standard InChI is InChI=1S/C28H31ClN2O2/c1-4-30-28(33)26(17-22-10-6-5-7-11-22)31(19-24-12-8-9-13-25(24)29)27(32)18-23-15-14-20(2)21(3)16-23/h5-16,26H,4,17-19H2,1-3H3,(H,30,33). The van der Waals surface area contributed by atoms with Crippen molar-refractivity contribution in [3.63, 3.8) is 0 Å².